The van der Waals surface area contributed by atoms with Gasteiger partial charge in [-0.3, -0.25) is 4.90 Å². The summed E-state index contributed by atoms with van der Waals surface area (Å²) in [7, 11) is 0. The molecule has 1 fully saturated rings. The van der Waals surface area contributed by atoms with Gasteiger partial charge in [-0.15, -0.1) is 0 Å². The Morgan fingerprint density at radius 3 is 2.67 bits per heavy atom. The molecule has 1 aliphatic heterocycles. The molecule has 1 aromatic heterocycles. The molecule has 0 bridgehead atoms. The summed E-state index contributed by atoms with van der Waals surface area (Å²) in [5.41, 5.74) is 0.791. The maximum Gasteiger partial charge on any atom is 0.354 e. The van der Waals surface area contributed by atoms with Gasteiger partial charge < -0.3 is 15.7 Å². The molecule has 2 heterocycles. The number of aromatic nitrogens is 2. The molecule has 3 N–H and O–H groups in total. The first-order valence-corrected chi connectivity index (χ1v) is 8.07. The average molecular weight is 327 g/mol. The standard InChI is InChI=1S/C17H21N5O2/c23-17(24)14-12-15(19-8-11-22-9-6-18-7-10-22)21-16(20-14)13-4-2-1-3-5-13/h1-5,12,18H,6-11H2,(H,23,24)(H,19,20,21). The van der Waals surface area contributed by atoms with Crippen LogP contribution in [0.5, 0.6) is 0 Å². The number of rotatable bonds is 6. The van der Waals surface area contributed by atoms with Gasteiger partial charge in [0, 0.05) is 50.9 Å². The minimum Gasteiger partial charge on any atom is -0.477 e. The summed E-state index contributed by atoms with van der Waals surface area (Å²) < 4.78 is 0. The van der Waals surface area contributed by atoms with Crippen molar-refractivity contribution in [1.29, 1.82) is 0 Å². The lowest BCUT2D eigenvalue weighted by Gasteiger charge is -2.27. The molecule has 0 unspecified atom stereocenters. The van der Waals surface area contributed by atoms with Gasteiger partial charge in [-0.25, -0.2) is 14.8 Å². The number of carbonyl (C=O) groups is 1. The Balaban J connectivity index is 1.72. The van der Waals surface area contributed by atoms with Gasteiger partial charge in [0.25, 0.3) is 0 Å². The minimum atomic E-state index is -1.06. The SMILES string of the molecule is O=C(O)c1cc(NCCN2CCNCC2)nc(-c2ccccc2)n1. The van der Waals surface area contributed by atoms with Crippen molar-refractivity contribution in [3.8, 4) is 11.4 Å². The lowest BCUT2D eigenvalue weighted by Crippen LogP contribution is -2.45. The van der Waals surface area contributed by atoms with Crippen molar-refractivity contribution in [2.75, 3.05) is 44.6 Å². The molecule has 0 amide bonds. The number of anilines is 1. The zero-order valence-electron chi connectivity index (χ0n) is 13.4. The van der Waals surface area contributed by atoms with Gasteiger partial charge >= 0.3 is 5.97 Å². The van der Waals surface area contributed by atoms with E-state index in [0.29, 0.717) is 18.2 Å². The molecule has 126 valence electrons. The van der Waals surface area contributed by atoms with Gasteiger partial charge in [-0.1, -0.05) is 30.3 Å². The first-order chi connectivity index (χ1) is 11.7. The van der Waals surface area contributed by atoms with Crippen LogP contribution in [0.4, 0.5) is 5.82 Å². The lowest BCUT2D eigenvalue weighted by atomic mass is 10.2. The van der Waals surface area contributed by atoms with Crippen molar-refractivity contribution in [2.24, 2.45) is 0 Å². The second-order valence-corrected chi connectivity index (χ2v) is 5.65. The molecule has 0 saturated carbocycles. The van der Waals surface area contributed by atoms with Gasteiger partial charge in [-0.2, -0.15) is 0 Å². The van der Waals surface area contributed by atoms with Gasteiger partial charge in [0.2, 0.25) is 0 Å². The maximum atomic E-state index is 11.3. The molecule has 0 aliphatic carbocycles. The van der Waals surface area contributed by atoms with E-state index in [-0.39, 0.29) is 5.69 Å². The number of piperazine rings is 1. The number of carboxylic acids is 1. The molecular formula is C17H21N5O2. The zero-order chi connectivity index (χ0) is 16.8. The molecule has 1 aliphatic rings. The average Bonchev–Trinajstić information content (AvgIpc) is 2.63. The summed E-state index contributed by atoms with van der Waals surface area (Å²) >= 11 is 0. The number of nitrogens with one attached hydrogen (secondary N) is 2. The van der Waals surface area contributed by atoms with E-state index < -0.39 is 5.97 Å². The highest BCUT2D eigenvalue weighted by atomic mass is 16.4. The van der Waals surface area contributed by atoms with Crippen molar-refractivity contribution in [2.45, 2.75) is 0 Å². The van der Waals surface area contributed by atoms with Crippen LogP contribution in [0, 0.1) is 0 Å². The van der Waals surface area contributed by atoms with Crippen LogP contribution >= 0.6 is 0 Å². The van der Waals surface area contributed by atoms with E-state index in [4.69, 9.17) is 0 Å². The Morgan fingerprint density at radius 1 is 1.21 bits per heavy atom. The Morgan fingerprint density at radius 2 is 1.96 bits per heavy atom. The second-order valence-electron chi connectivity index (χ2n) is 5.65. The Bertz CT molecular complexity index is 687. The summed E-state index contributed by atoms with van der Waals surface area (Å²) in [4.78, 5) is 22.3. The van der Waals surface area contributed by atoms with Crippen molar-refractivity contribution < 1.29 is 9.90 Å². The highest BCUT2D eigenvalue weighted by Gasteiger charge is 2.13. The fourth-order valence-corrected chi connectivity index (χ4v) is 2.64. The summed E-state index contributed by atoms with van der Waals surface area (Å²) in [5.74, 6) is -0.101. The quantitative estimate of drug-likeness (QED) is 0.733. The third kappa shape index (κ3) is 4.27. The Hall–Kier alpha value is -2.51. The van der Waals surface area contributed by atoms with E-state index in [0.717, 1.165) is 38.3 Å². The highest BCUT2D eigenvalue weighted by Crippen LogP contribution is 2.17. The fourth-order valence-electron chi connectivity index (χ4n) is 2.64. The molecule has 1 aromatic carbocycles. The van der Waals surface area contributed by atoms with Crippen LogP contribution in [0.1, 0.15) is 10.5 Å². The molecule has 7 heteroatoms. The minimum absolute atomic E-state index is 0.00599. The number of aromatic carboxylic acids is 1. The summed E-state index contributed by atoms with van der Waals surface area (Å²) in [6.07, 6.45) is 0. The van der Waals surface area contributed by atoms with Gasteiger partial charge in [0.1, 0.15) is 5.82 Å². The third-order valence-electron chi connectivity index (χ3n) is 3.92. The molecule has 2 aromatic rings. The summed E-state index contributed by atoms with van der Waals surface area (Å²) in [5, 5.41) is 15.8. The van der Waals surface area contributed by atoms with Crippen molar-refractivity contribution in [1.82, 2.24) is 20.2 Å². The molecule has 3 rings (SSSR count). The molecule has 7 nitrogen and oxygen atoms in total. The molecule has 0 spiro atoms. The van der Waals surface area contributed by atoms with E-state index in [9.17, 15) is 9.90 Å². The van der Waals surface area contributed by atoms with E-state index in [2.05, 4.69) is 25.5 Å². The van der Waals surface area contributed by atoms with Crippen LogP contribution in [0.25, 0.3) is 11.4 Å². The van der Waals surface area contributed by atoms with Crippen molar-refractivity contribution >= 4 is 11.8 Å². The lowest BCUT2D eigenvalue weighted by molar-refractivity contribution is 0.0690. The molecular weight excluding hydrogens is 306 g/mol. The number of hydrogen-bond acceptors (Lipinski definition) is 6. The monoisotopic (exact) mass is 327 g/mol. The van der Waals surface area contributed by atoms with Crippen molar-refractivity contribution in [3.05, 3.63) is 42.1 Å². The van der Waals surface area contributed by atoms with Gasteiger partial charge in [0.15, 0.2) is 11.5 Å². The highest BCUT2D eigenvalue weighted by molar-refractivity contribution is 5.87. The smallest absolute Gasteiger partial charge is 0.354 e. The van der Waals surface area contributed by atoms with Gasteiger partial charge in [0.05, 0.1) is 0 Å². The molecule has 1 saturated heterocycles. The fraction of sp³-hybridized carbons (Fsp3) is 0.353. The van der Waals surface area contributed by atoms with Crippen LogP contribution in [0.15, 0.2) is 36.4 Å². The summed E-state index contributed by atoms with van der Waals surface area (Å²) in [6.45, 7) is 5.69. The maximum absolute atomic E-state index is 11.3. The largest absolute Gasteiger partial charge is 0.477 e. The van der Waals surface area contributed by atoms with Crippen molar-refractivity contribution in [3.63, 3.8) is 0 Å². The third-order valence-corrected chi connectivity index (χ3v) is 3.92. The van der Waals surface area contributed by atoms with Crippen LogP contribution in [-0.4, -0.2) is 65.2 Å². The van der Waals surface area contributed by atoms with E-state index in [1.54, 1.807) is 0 Å². The number of nitrogens with zero attached hydrogens (tertiary/aromatic N) is 3. The van der Waals surface area contributed by atoms with E-state index >= 15 is 0 Å². The Kier molecular flexibility index (Phi) is 5.35. The topological polar surface area (TPSA) is 90.4 Å². The first kappa shape index (κ1) is 16.4. The summed E-state index contributed by atoms with van der Waals surface area (Å²) in [6, 6.07) is 10.9. The number of carboxylic acid groups (broad SMARTS) is 1. The molecule has 0 radical (unpaired) electrons. The van der Waals surface area contributed by atoms with E-state index in [1.807, 2.05) is 30.3 Å². The first-order valence-electron chi connectivity index (χ1n) is 8.07. The molecule has 24 heavy (non-hydrogen) atoms. The second kappa shape index (κ2) is 7.85. The predicted octanol–water partition coefficient (Wildman–Crippen LogP) is 1.16. The normalized spacial score (nSPS) is 15.2. The van der Waals surface area contributed by atoms with Crippen LogP contribution in [-0.2, 0) is 0 Å². The number of hydrogen-bond donors (Lipinski definition) is 3. The zero-order valence-corrected chi connectivity index (χ0v) is 13.4. The van der Waals surface area contributed by atoms with Crippen LogP contribution in [0.3, 0.4) is 0 Å². The number of benzene rings is 1. The van der Waals surface area contributed by atoms with Crippen LogP contribution in [0.2, 0.25) is 0 Å². The van der Waals surface area contributed by atoms with E-state index in [1.165, 1.54) is 6.07 Å². The molecule has 0 atom stereocenters. The van der Waals surface area contributed by atoms with Crippen LogP contribution < -0.4 is 10.6 Å². The van der Waals surface area contributed by atoms with Gasteiger partial charge in [-0.05, 0) is 0 Å². The predicted molar refractivity (Wildman–Crippen MR) is 92.2 cm³/mol. The Labute approximate surface area is 140 Å².